The van der Waals surface area contributed by atoms with Crippen molar-refractivity contribution >= 4 is 23.3 Å². The van der Waals surface area contributed by atoms with E-state index in [0.29, 0.717) is 0 Å². The molecular formula is C22H28N2O3S. The molecule has 1 saturated heterocycles. The third-order valence-electron chi connectivity index (χ3n) is 5.15. The molecule has 0 radical (unpaired) electrons. The van der Waals surface area contributed by atoms with Gasteiger partial charge in [0.15, 0.2) is 11.5 Å². The summed E-state index contributed by atoms with van der Waals surface area (Å²) in [6.45, 7) is 2.81. The number of likely N-dealkylation sites (tertiary alicyclic amines) is 1. The Hall–Kier alpha value is -2.34. The van der Waals surface area contributed by atoms with Crippen molar-refractivity contribution in [2.75, 3.05) is 20.8 Å². The standard InChI is InChI=1S/C22H28N2O3S/c1-16-23-15-19(28-16)10-12-22(25)24-13-5-4-6-18(24)9-7-17-8-11-20(26-2)21(14-17)27-3/h8,10-12,14-15,18H,4-7,9,13H2,1-3H3. The van der Waals surface area contributed by atoms with E-state index in [0.717, 1.165) is 53.6 Å². The Balaban J connectivity index is 1.63. The number of aryl methyl sites for hydroxylation is 2. The first kappa shape index (κ1) is 20.4. The minimum Gasteiger partial charge on any atom is -0.493 e. The fourth-order valence-electron chi connectivity index (χ4n) is 3.66. The molecule has 1 fully saturated rings. The Labute approximate surface area is 171 Å². The summed E-state index contributed by atoms with van der Waals surface area (Å²) in [7, 11) is 3.30. The van der Waals surface area contributed by atoms with E-state index in [1.807, 2.05) is 36.2 Å². The lowest BCUT2D eigenvalue weighted by atomic mass is 9.95. The summed E-state index contributed by atoms with van der Waals surface area (Å²) in [6, 6.07) is 6.32. The predicted octanol–water partition coefficient (Wildman–Crippen LogP) is 4.50. The van der Waals surface area contributed by atoms with Crippen LogP contribution in [0, 0.1) is 6.92 Å². The zero-order valence-corrected chi connectivity index (χ0v) is 17.6. The number of carbonyl (C=O) groups excluding carboxylic acids is 1. The number of hydrogen-bond donors (Lipinski definition) is 0. The van der Waals surface area contributed by atoms with E-state index >= 15 is 0 Å². The van der Waals surface area contributed by atoms with Gasteiger partial charge in [0.1, 0.15) is 0 Å². The van der Waals surface area contributed by atoms with Crippen LogP contribution in [0.5, 0.6) is 11.5 Å². The molecule has 1 atom stereocenters. The van der Waals surface area contributed by atoms with Crippen molar-refractivity contribution in [1.29, 1.82) is 0 Å². The number of aromatic nitrogens is 1. The molecule has 1 aliphatic rings. The molecule has 1 aliphatic heterocycles. The molecule has 0 N–H and O–H groups in total. The summed E-state index contributed by atoms with van der Waals surface area (Å²) < 4.78 is 10.7. The van der Waals surface area contributed by atoms with Crippen LogP contribution in [0.4, 0.5) is 0 Å². The van der Waals surface area contributed by atoms with Crippen molar-refractivity contribution in [3.05, 3.63) is 45.9 Å². The van der Waals surface area contributed by atoms with Crippen LogP contribution in [-0.4, -0.2) is 42.6 Å². The van der Waals surface area contributed by atoms with Gasteiger partial charge in [0.25, 0.3) is 0 Å². The highest BCUT2D eigenvalue weighted by Gasteiger charge is 2.25. The number of hydrogen-bond acceptors (Lipinski definition) is 5. The van der Waals surface area contributed by atoms with Crippen molar-refractivity contribution in [1.82, 2.24) is 9.88 Å². The molecule has 0 spiro atoms. The zero-order chi connectivity index (χ0) is 19.9. The smallest absolute Gasteiger partial charge is 0.246 e. The summed E-state index contributed by atoms with van der Waals surface area (Å²) in [5.74, 6) is 1.59. The topological polar surface area (TPSA) is 51.7 Å². The average Bonchev–Trinajstić information content (AvgIpc) is 3.15. The quantitative estimate of drug-likeness (QED) is 0.642. The lowest BCUT2D eigenvalue weighted by molar-refractivity contribution is -0.129. The van der Waals surface area contributed by atoms with Gasteiger partial charge in [-0.25, -0.2) is 4.98 Å². The van der Waals surface area contributed by atoms with Gasteiger partial charge in [0.05, 0.1) is 19.2 Å². The number of benzene rings is 1. The number of amides is 1. The van der Waals surface area contributed by atoms with Gasteiger partial charge in [-0.05, 0) is 62.8 Å². The molecule has 1 aromatic heterocycles. The molecule has 1 amide bonds. The van der Waals surface area contributed by atoms with E-state index in [-0.39, 0.29) is 11.9 Å². The monoisotopic (exact) mass is 400 g/mol. The number of methoxy groups -OCH3 is 2. The third kappa shape index (κ3) is 5.13. The maximum absolute atomic E-state index is 12.8. The van der Waals surface area contributed by atoms with Crippen LogP contribution < -0.4 is 9.47 Å². The number of piperidine rings is 1. The highest BCUT2D eigenvalue weighted by molar-refractivity contribution is 7.12. The third-order valence-corrected chi connectivity index (χ3v) is 6.03. The van der Waals surface area contributed by atoms with Crippen LogP contribution >= 0.6 is 11.3 Å². The van der Waals surface area contributed by atoms with Gasteiger partial charge in [-0.1, -0.05) is 6.07 Å². The minimum absolute atomic E-state index is 0.100. The van der Waals surface area contributed by atoms with Gasteiger partial charge in [-0.3, -0.25) is 4.79 Å². The molecule has 0 aliphatic carbocycles. The number of nitrogens with zero attached hydrogens (tertiary/aromatic N) is 2. The summed E-state index contributed by atoms with van der Waals surface area (Å²) in [5.41, 5.74) is 1.20. The first-order chi connectivity index (χ1) is 13.6. The molecule has 1 unspecified atom stereocenters. The molecule has 2 aromatic rings. The van der Waals surface area contributed by atoms with Gasteiger partial charge in [-0.2, -0.15) is 0 Å². The van der Waals surface area contributed by atoms with Gasteiger partial charge in [0, 0.05) is 29.7 Å². The van der Waals surface area contributed by atoms with E-state index in [9.17, 15) is 4.79 Å². The summed E-state index contributed by atoms with van der Waals surface area (Å²) in [5, 5.41) is 1.01. The fourth-order valence-corrected chi connectivity index (χ4v) is 4.35. The molecule has 0 bridgehead atoms. The van der Waals surface area contributed by atoms with Gasteiger partial charge < -0.3 is 14.4 Å². The van der Waals surface area contributed by atoms with Gasteiger partial charge in [-0.15, -0.1) is 11.3 Å². The Morgan fingerprint density at radius 3 is 2.82 bits per heavy atom. The Kier molecular flexibility index (Phi) is 7.09. The lowest BCUT2D eigenvalue weighted by Gasteiger charge is -2.35. The second-order valence-corrected chi connectivity index (χ2v) is 8.29. The number of thiazole rings is 1. The van der Waals surface area contributed by atoms with E-state index in [4.69, 9.17) is 9.47 Å². The van der Waals surface area contributed by atoms with Crippen molar-refractivity contribution in [3.63, 3.8) is 0 Å². The maximum Gasteiger partial charge on any atom is 0.246 e. The molecule has 5 nitrogen and oxygen atoms in total. The summed E-state index contributed by atoms with van der Waals surface area (Å²) >= 11 is 1.60. The molecule has 2 heterocycles. The SMILES string of the molecule is COc1ccc(CCC2CCCCN2C(=O)C=Cc2cnc(C)s2)cc1OC. The van der Waals surface area contributed by atoms with Gasteiger partial charge >= 0.3 is 0 Å². The Morgan fingerprint density at radius 1 is 1.29 bits per heavy atom. The van der Waals surface area contributed by atoms with Crippen molar-refractivity contribution in [3.8, 4) is 11.5 Å². The van der Waals surface area contributed by atoms with E-state index in [1.165, 1.54) is 12.0 Å². The largest absolute Gasteiger partial charge is 0.493 e. The second kappa shape index (κ2) is 9.73. The summed E-state index contributed by atoms with van der Waals surface area (Å²) in [6.07, 6.45) is 10.6. The lowest BCUT2D eigenvalue weighted by Crippen LogP contribution is -2.43. The van der Waals surface area contributed by atoms with Crippen molar-refractivity contribution in [2.24, 2.45) is 0 Å². The normalized spacial score (nSPS) is 17.1. The summed E-state index contributed by atoms with van der Waals surface area (Å²) in [4.78, 5) is 20.1. The van der Waals surface area contributed by atoms with Crippen LogP contribution in [0.1, 0.15) is 41.1 Å². The molecule has 150 valence electrons. The zero-order valence-electron chi connectivity index (χ0n) is 16.8. The van der Waals surface area contributed by atoms with Crippen LogP contribution in [-0.2, 0) is 11.2 Å². The number of rotatable bonds is 7. The van der Waals surface area contributed by atoms with Crippen LogP contribution in [0.15, 0.2) is 30.5 Å². The first-order valence-corrected chi connectivity index (χ1v) is 10.5. The Bertz CT molecular complexity index is 831. The van der Waals surface area contributed by atoms with E-state index in [1.54, 1.807) is 31.6 Å². The fraction of sp³-hybridized carbons (Fsp3) is 0.455. The molecule has 3 rings (SSSR count). The minimum atomic E-state index is 0.100. The molecular weight excluding hydrogens is 372 g/mol. The number of carbonyl (C=O) groups is 1. The van der Waals surface area contributed by atoms with Gasteiger partial charge in [0.2, 0.25) is 5.91 Å². The highest BCUT2D eigenvalue weighted by atomic mass is 32.1. The number of ether oxygens (including phenoxy) is 2. The molecule has 6 heteroatoms. The van der Waals surface area contributed by atoms with Crippen LogP contribution in [0.2, 0.25) is 0 Å². The van der Waals surface area contributed by atoms with Crippen molar-refractivity contribution in [2.45, 2.75) is 45.1 Å². The van der Waals surface area contributed by atoms with Crippen LogP contribution in [0.25, 0.3) is 6.08 Å². The molecule has 28 heavy (non-hydrogen) atoms. The second-order valence-electron chi connectivity index (χ2n) is 7.02. The highest BCUT2D eigenvalue weighted by Crippen LogP contribution is 2.29. The molecule has 0 saturated carbocycles. The first-order valence-electron chi connectivity index (χ1n) is 9.72. The Morgan fingerprint density at radius 2 is 2.11 bits per heavy atom. The maximum atomic E-state index is 12.8. The van der Waals surface area contributed by atoms with E-state index < -0.39 is 0 Å². The predicted molar refractivity (Wildman–Crippen MR) is 113 cm³/mol. The molecule has 1 aromatic carbocycles. The van der Waals surface area contributed by atoms with Crippen LogP contribution in [0.3, 0.4) is 0 Å². The van der Waals surface area contributed by atoms with E-state index in [2.05, 4.69) is 11.1 Å². The average molecular weight is 401 g/mol. The van der Waals surface area contributed by atoms with Crippen molar-refractivity contribution < 1.29 is 14.3 Å².